The Labute approximate surface area is 210 Å². The summed E-state index contributed by atoms with van der Waals surface area (Å²) in [6.07, 6.45) is -3.28. The molecule has 1 amide bonds. The van der Waals surface area contributed by atoms with Crippen LogP contribution in [0.3, 0.4) is 0 Å². The number of carbonyl (C=O) groups is 1. The lowest BCUT2D eigenvalue weighted by atomic mass is 10.0. The number of carbonyl (C=O) groups excluding carboxylic acids is 1. The van der Waals surface area contributed by atoms with Crippen LogP contribution >= 0.6 is 15.9 Å². The zero-order valence-corrected chi connectivity index (χ0v) is 21.5. The predicted molar refractivity (Wildman–Crippen MR) is 127 cm³/mol. The van der Waals surface area contributed by atoms with E-state index in [1.807, 2.05) is 25.7 Å². The van der Waals surface area contributed by atoms with Crippen molar-refractivity contribution in [1.29, 1.82) is 0 Å². The molecule has 0 bridgehead atoms. The van der Waals surface area contributed by atoms with Crippen molar-refractivity contribution in [1.82, 2.24) is 9.80 Å². The molecule has 9 nitrogen and oxygen atoms in total. The first-order chi connectivity index (χ1) is 16.2. The van der Waals surface area contributed by atoms with E-state index in [9.17, 15) is 28.1 Å². The molecule has 0 N–H and O–H groups in total. The maximum Gasteiger partial charge on any atom is 0.422 e. The first-order valence-electron chi connectivity index (χ1n) is 11.4. The van der Waals surface area contributed by atoms with Gasteiger partial charge in [-0.2, -0.15) is 13.2 Å². The molecule has 13 heteroatoms. The molecule has 196 valence electrons. The molecule has 0 radical (unpaired) electrons. The number of nitro groups is 1. The average Bonchev–Trinajstić information content (AvgIpc) is 2.76. The van der Waals surface area contributed by atoms with Crippen molar-refractivity contribution < 1.29 is 32.4 Å². The number of ether oxygens (including phenoxy) is 2. The van der Waals surface area contributed by atoms with Crippen molar-refractivity contribution in [3.05, 3.63) is 26.7 Å². The number of rotatable bonds is 5. The number of nitro benzene ring substituents is 1. The first kappa shape index (κ1) is 27.3. The minimum Gasteiger partial charge on any atom is -0.477 e. The molecule has 0 saturated carbocycles. The van der Waals surface area contributed by atoms with Crippen LogP contribution in [0.15, 0.2) is 16.6 Å². The lowest BCUT2D eigenvalue weighted by molar-refractivity contribution is -0.386. The van der Waals surface area contributed by atoms with Gasteiger partial charge in [-0.1, -0.05) is 0 Å². The van der Waals surface area contributed by atoms with E-state index in [0.29, 0.717) is 42.4 Å². The van der Waals surface area contributed by atoms with Crippen LogP contribution < -0.4 is 9.64 Å². The van der Waals surface area contributed by atoms with Crippen molar-refractivity contribution in [3.63, 3.8) is 0 Å². The Bertz CT molecular complexity index is 925. The van der Waals surface area contributed by atoms with Crippen molar-refractivity contribution in [3.8, 4) is 5.75 Å². The average molecular weight is 567 g/mol. The van der Waals surface area contributed by atoms with Gasteiger partial charge < -0.3 is 19.3 Å². The Kier molecular flexibility index (Phi) is 8.40. The highest BCUT2D eigenvalue weighted by molar-refractivity contribution is 9.10. The fourth-order valence-electron chi connectivity index (χ4n) is 4.26. The molecule has 2 fully saturated rings. The fourth-order valence-corrected chi connectivity index (χ4v) is 4.84. The molecule has 1 aromatic rings. The van der Waals surface area contributed by atoms with Crippen LogP contribution in [0.4, 0.5) is 29.3 Å². The van der Waals surface area contributed by atoms with Gasteiger partial charge in [0.2, 0.25) is 0 Å². The molecule has 1 aromatic carbocycles. The number of benzene rings is 1. The van der Waals surface area contributed by atoms with Crippen molar-refractivity contribution in [2.24, 2.45) is 0 Å². The Morgan fingerprint density at radius 2 is 1.71 bits per heavy atom. The highest BCUT2D eigenvalue weighted by Crippen LogP contribution is 2.40. The number of halogens is 4. The number of piperidine rings is 1. The molecular formula is C22H30BrF3N4O5. The Morgan fingerprint density at radius 1 is 1.11 bits per heavy atom. The molecule has 2 aliphatic rings. The molecule has 2 heterocycles. The maximum absolute atomic E-state index is 12.6. The van der Waals surface area contributed by atoms with Gasteiger partial charge in [0.25, 0.3) is 0 Å². The van der Waals surface area contributed by atoms with E-state index in [-0.39, 0.29) is 6.09 Å². The highest BCUT2D eigenvalue weighted by atomic mass is 79.9. The molecule has 3 rings (SSSR count). The molecule has 0 spiro atoms. The van der Waals surface area contributed by atoms with Gasteiger partial charge in [-0.25, -0.2) is 4.79 Å². The summed E-state index contributed by atoms with van der Waals surface area (Å²) in [6, 6.07) is 2.79. The van der Waals surface area contributed by atoms with E-state index in [1.54, 1.807) is 4.90 Å². The van der Waals surface area contributed by atoms with Gasteiger partial charge in [0.15, 0.2) is 12.4 Å². The fraction of sp³-hybridized carbons (Fsp3) is 0.682. The van der Waals surface area contributed by atoms with E-state index < -0.39 is 34.7 Å². The summed E-state index contributed by atoms with van der Waals surface area (Å²) >= 11 is 3.32. The van der Waals surface area contributed by atoms with Crippen LogP contribution in [0.1, 0.15) is 33.6 Å². The Hall–Kier alpha value is -2.28. The van der Waals surface area contributed by atoms with Gasteiger partial charge in [0.05, 0.1) is 10.6 Å². The zero-order chi connectivity index (χ0) is 26.0. The van der Waals surface area contributed by atoms with Gasteiger partial charge >= 0.3 is 18.0 Å². The molecule has 35 heavy (non-hydrogen) atoms. The minimum absolute atomic E-state index is 0.307. The monoisotopic (exact) mass is 566 g/mol. The number of alkyl halides is 3. The second-order valence-corrected chi connectivity index (χ2v) is 10.5. The second-order valence-electron chi connectivity index (χ2n) is 9.65. The van der Waals surface area contributed by atoms with E-state index in [0.717, 1.165) is 25.9 Å². The summed E-state index contributed by atoms with van der Waals surface area (Å²) < 4.78 is 48.5. The summed E-state index contributed by atoms with van der Waals surface area (Å²) in [6.45, 7) is 7.81. The number of hydrogen-bond acceptors (Lipinski definition) is 7. The van der Waals surface area contributed by atoms with Crippen LogP contribution in [-0.4, -0.2) is 84.5 Å². The van der Waals surface area contributed by atoms with Crippen LogP contribution in [0.25, 0.3) is 0 Å². The number of nitrogens with zero attached hydrogens (tertiary/aromatic N) is 4. The SMILES string of the molecule is CC(C)(C)OC(=O)N1CCN(C2CCN(c3cc(OCC(F)(F)F)c([N+](=O)[O-])cc3Br)CC2)CC1. The van der Waals surface area contributed by atoms with E-state index in [4.69, 9.17) is 9.47 Å². The quantitative estimate of drug-likeness (QED) is 0.373. The van der Waals surface area contributed by atoms with Crippen molar-refractivity contribution in [2.75, 3.05) is 50.8 Å². The lowest BCUT2D eigenvalue weighted by Crippen LogP contribution is -2.55. The third-order valence-electron chi connectivity index (χ3n) is 5.90. The third-order valence-corrected chi connectivity index (χ3v) is 6.54. The number of anilines is 1. The summed E-state index contributed by atoms with van der Waals surface area (Å²) in [4.78, 5) is 28.9. The number of piperazine rings is 1. The van der Waals surface area contributed by atoms with Crippen LogP contribution in [0.2, 0.25) is 0 Å². The van der Waals surface area contributed by atoms with Gasteiger partial charge in [-0.15, -0.1) is 0 Å². The van der Waals surface area contributed by atoms with Crippen LogP contribution in [0.5, 0.6) is 5.75 Å². The Balaban J connectivity index is 1.59. The minimum atomic E-state index is -4.60. The summed E-state index contributed by atoms with van der Waals surface area (Å²) in [5.74, 6) is -0.411. The van der Waals surface area contributed by atoms with Crippen LogP contribution in [0, 0.1) is 10.1 Å². The summed E-state index contributed by atoms with van der Waals surface area (Å²) in [5, 5.41) is 11.3. The molecule has 2 saturated heterocycles. The third kappa shape index (κ3) is 7.60. The van der Waals surface area contributed by atoms with Gasteiger partial charge in [-0.05, 0) is 49.5 Å². The van der Waals surface area contributed by atoms with E-state index in [1.165, 1.54) is 12.1 Å². The van der Waals surface area contributed by atoms with Crippen LogP contribution in [-0.2, 0) is 4.74 Å². The van der Waals surface area contributed by atoms with Gasteiger partial charge in [-0.3, -0.25) is 15.0 Å². The number of hydrogen-bond donors (Lipinski definition) is 0. The first-order valence-corrected chi connectivity index (χ1v) is 12.2. The maximum atomic E-state index is 12.6. The van der Waals surface area contributed by atoms with Gasteiger partial charge in [0.1, 0.15) is 5.60 Å². The standard InChI is InChI=1S/C22H30BrF3N4O5/c1-21(2,3)35-20(31)29-10-8-27(9-11-29)15-4-6-28(7-5-15)17-13-19(34-14-22(24,25)26)18(30(32)33)12-16(17)23/h12-13,15H,4-11,14H2,1-3H3. The molecular weight excluding hydrogens is 537 g/mol. The molecule has 0 aromatic heterocycles. The largest absolute Gasteiger partial charge is 0.477 e. The van der Waals surface area contributed by atoms with E-state index in [2.05, 4.69) is 20.8 Å². The molecule has 2 aliphatic heterocycles. The second kappa shape index (κ2) is 10.8. The topological polar surface area (TPSA) is 88.4 Å². The number of amides is 1. The predicted octanol–water partition coefficient (Wildman–Crippen LogP) is 4.82. The smallest absolute Gasteiger partial charge is 0.422 e. The highest BCUT2D eigenvalue weighted by Gasteiger charge is 2.33. The molecule has 0 atom stereocenters. The van der Waals surface area contributed by atoms with Gasteiger partial charge in [0, 0.05) is 61.9 Å². The van der Waals surface area contributed by atoms with Crippen molar-refractivity contribution >= 4 is 33.4 Å². The normalized spacial score (nSPS) is 18.5. The summed E-state index contributed by atoms with van der Waals surface area (Å²) in [5.41, 5.74) is -0.506. The lowest BCUT2D eigenvalue weighted by Gasteiger charge is -2.43. The van der Waals surface area contributed by atoms with E-state index >= 15 is 0 Å². The summed E-state index contributed by atoms with van der Waals surface area (Å²) in [7, 11) is 0. The Morgan fingerprint density at radius 3 is 2.23 bits per heavy atom. The zero-order valence-electron chi connectivity index (χ0n) is 19.9. The molecule has 0 unspecified atom stereocenters. The van der Waals surface area contributed by atoms with Crippen molar-refractivity contribution in [2.45, 2.75) is 51.4 Å². The molecule has 0 aliphatic carbocycles.